The molecule has 0 saturated carbocycles. The lowest BCUT2D eigenvalue weighted by molar-refractivity contribution is 0.376. The molecule has 0 aliphatic rings. The van der Waals surface area contributed by atoms with Crippen LogP contribution >= 0.6 is 12.4 Å². The molecule has 0 heterocycles. The van der Waals surface area contributed by atoms with Crippen LogP contribution in [-0.4, -0.2) is 19.3 Å². The molecule has 0 radical (unpaired) electrons. The zero-order valence-electron chi connectivity index (χ0n) is 8.98. The maximum Gasteiger partial charge on any atom is 0.131 e. The number of phenolic OH excluding ortho intramolecular Hbond substituents is 1. The van der Waals surface area contributed by atoms with Crippen LogP contribution in [0.1, 0.15) is 18.5 Å². The molecule has 0 amide bonds. The average Bonchev–Trinajstić information content (AvgIpc) is 2.15. The van der Waals surface area contributed by atoms with Crippen molar-refractivity contribution >= 4 is 12.4 Å². The molecule has 1 atom stereocenters. The van der Waals surface area contributed by atoms with E-state index in [1.807, 2.05) is 0 Å². The predicted molar refractivity (Wildman–Crippen MR) is 61.1 cm³/mol. The van der Waals surface area contributed by atoms with E-state index in [0.29, 0.717) is 17.1 Å². The fourth-order valence-electron chi connectivity index (χ4n) is 1.33. The summed E-state index contributed by atoms with van der Waals surface area (Å²) in [5.74, 6) is 1.18. The van der Waals surface area contributed by atoms with Crippen molar-refractivity contribution in [2.24, 2.45) is 5.73 Å². The molecule has 0 saturated heterocycles. The Balaban J connectivity index is 0.00000196. The van der Waals surface area contributed by atoms with Gasteiger partial charge in [0.1, 0.15) is 17.2 Å². The van der Waals surface area contributed by atoms with Gasteiger partial charge in [0.2, 0.25) is 0 Å². The topological polar surface area (TPSA) is 64.7 Å². The number of benzene rings is 1. The van der Waals surface area contributed by atoms with Gasteiger partial charge in [-0.15, -0.1) is 12.4 Å². The van der Waals surface area contributed by atoms with E-state index in [1.165, 1.54) is 20.3 Å². The molecule has 0 unspecified atom stereocenters. The molecule has 3 N–H and O–H groups in total. The maximum atomic E-state index is 9.66. The first-order valence-corrected chi connectivity index (χ1v) is 4.30. The van der Waals surface area contributed by atoms with Gasteiger partial charge < -0.3 is 20.3 Å². The number of rotatable bonds is 3. The van der Waals surface area contributed by atoms with Gasteiger partial charge in [0.15, 0.2) is 0 Å². The van der Waals surface area contributed by atoms with Gasteiger partial charge in [-0.25, -0.2) is 0 Å². The summed E-state index contributed by atoms with van der Waals surface area (Å²) in [6.07, 6.45) is 0. The van der Waals surface area contributed by atoms with Crippen LogP contribution in [0.3, 0.4) is 0 Å². The normalized spacial score (nSPS) is 11.5. The minimum Gasteiger partial charge on any atom is -0.507 e. The summed E-state index contributed by atoms with van der Waals surface area (Å²) in [6.45, 7) is 1.78. The summed E-state index contributed by atoms with van der Waals surface area (Å²) in [5, 5.41) is 9.66. The molecule has 1 rings (SSSR count). The van der Waals surface area contributed by atoms with Crippen molar-refractivity contribution in [3.05, 3.63) is 17.7 Å². The summed E-state index contributed by atoms with van der Waals surface area (Å²) in [5.41, 5.74) is 6.29. The van der Waals surface area contributed by atoms with Crippen molar-refractivity contribution in [1.82, 2.24) is 0 Å². The molecule has 15 heavy (non-hydrogen) atoms. The number of nitrogens with two attached hydrogens (primary N) is 1. The van der Waals surface area contributed by atoms with E-state index < -0.39 is 0 Å². The molecule has 86 valence electrons. The molecule has 1 aromatic carbocycles. The van der Waals surface area contributed by atoms with E-state index in [4.69, 9.17) is 15.2 Å². The second kappa shape index (κ2) is 5.68. The summed E-state index contributed by atoms with van der Waals surface area (Å²) in [7, 11) is 3.06. The molecule has 1 aromatic rings. The summed E-state index contributed by atoms with van der Waals surface area (Å²) >= 11 is 0. The lowest BCUT2D eigenvalue weighted by atomic mass is 10.1. The molecule has 0 bridgehead atoms. The first-order valence-electron chi connectivity index (χ1n) is 4.30. The van der Waals surface area contributed by atoms with Crippen LogP contribution in [0.25, 0.3) is 0 Å². The van der Waals surface area contributed by atoms with Crippen molar-refractivity contribution in [3.8, 4) is 17.2 Å². The van der Waals surface area contributed by atoms with Crippen LogP contribution in [0, 0.1) is 0 Å². The molecule has 4 nitrogen and oxygen atoms in total. The number of methoxy groups -OCH3 is 2. The zero-order valence-corrected chi connectivity index (χ0v) is 9.80. The van der Waals surface area contributed by atoms with Crippen LogP contribution in [0.5, 0.6) is 17.2 Å². The number of aromatic hydroxyl groups is 1. The molecular formula is C10H16ClNO3. The third kappa shape index (κ3) is 2.91. The first kappa shape index (κ1) is 13.9. The van der Waals surface area contributed by atoms with Crippen molar-refractivity contribution in [3.63, 3.8) is 0 Å². The van der Waals surface area contributed by atoms with E-state index >= 15 is 0 Å². The SMILES string of the molecule is COc1cc(O)c([C@H](C)N)c(OC)c1.Cl. The van der Waals surface area contributed by atoms with Gasteiger partial charge in [-0.05, 0) is 6.92 Å². The fraction of sp³-hybridized carbons (Fsp3) is 0.400. The Bertz CT molecular complexity index is 329. The summed E-state index contributed by atoms with van der Waals surface area (Å²) in [4.78, 5) is 0. The quantitative estimate of drug-likeness (QED) is 0.836. The maximum absolute atomic E-state index is 9.66. The average molecular weight is 234 g/mol. The largest absolute Gasteiger partial charge is 0.507 e. The lowest BCUT2D eigenvalue weighted by Gasteiger charge is -2.14. The third-order valence-electron chi connectivity index (χ3n) is 2.00. The van der Waals surface area contributed by atoms with Crippen LogP contribution in [0.2, 0.25) is 0 Å². The second-order valence-corrected chi connectivity index (χ2v) is 3.05. The molecule has 5 heteroatoms. The van der Waals surface area contributed by atoms with Gasteiger partial charge >= 0.3 is 0 Å². The molecular weight excluding hydrogens is 218 g/mol. The number of phenols is 1. The number of ether oxygens (including phenoxy) is 2. The highest BCUT2D eigenvalue weighted by molar-refractivity contribution is 5.85. The first-order chi connectivity index (χ1) is 6.60. The third-order valence-corrected chi connectivity index (χ3v) is 2.00. The van der Waals surface area contributed by atoms with E-state index in [2.05, 4.69) is 0 Å². The van der Waals surface area contributed by atoms with Crippen molar-refractivity contribution < 1.29 is 14.6 Å². The standard InChI is InChI=1S/C10H15NO3.ClH/c1-6(11)10-8(12)4-7(13-2)5-9(10)14-3;/h4-6,12H,11H2,1-3H3;1H/t6-;/m0./s1. The Labute approximate surface area is 95.4 Å². The Kier molecular flexibility index (Phi) is 5.25. The predicted octanol–water partition coefficient (Wildman–Crippen LogP) is 1.85. The number of hydrogen-bond acceptors (Lipinski definition) is 4. The van der Waals surface area contributed by atoms with E-state index in [0.717, 1.165) is 0 Å². The molecule has 0 fully saturated rings. The monoisotopic (exact) mass is 233 g/mol. The van der Waals surface area contributed by atoms with Crippen molar-refractivity contribution in [2.45, 2.75) is 13.0 Å². The van der Waals surface area contributed by atoms with Gasteiger partial charge in [-0.1, -0.05) is 0 Å². The Hall–Kier alpha value is -1.13. The van der Waals surface area contributed by atoms with Gasteiger partial charge in [0, 0.05) is 18.2 Å². The van der Waals surface area contributed by atoms with Crippen molar-refractivity contribution in [2.75, 3.05) is 14.2 Å². The second-order valence-electron chi connectivity index (χ2n) is 3.05. The fourth-order valence-corrected chi connectivity index (χ4v) is 1.33. The van der Waals surface area contributed by atoms with E-state index in [1.54, 1.807) is 13.0 Å². The Morgan fingerprint density at radius 1 is 1.27 bits per heavy atom. The highest BCUT2D eigenvalue weighted by Gasteiger charge is 2.14. The Morgan fingerprint density at radius 3 is 2.27 bits per heavy atom. The van der Waals surface area contributed by atoms with E-state index in [9.17, 15) is 5.11 Å². The van der Waals surface area contributed by atoms with Gasteiger partial charge in [-0.2, -0.15) is 0 Å². The summed E-state index contributed by atoms with van der Waals surface area (Å²) in [6, 6.07) is 2.93. The van der Waals surface area contributed by atoms with Crippen LogP contribution < -0.4 is 15.2 Å². The zero-order chi connectivity index (χ0) is 10.7. The van der Waals surface area contributed by atoms with Crippen LogP contribution in [0.15, 0.2) is 12.1 Å². The van der Waals surface area contributed by atoms with Crippen LogP contribution in [-0.2, 0) is 0 Å². The van der Waals surface area contributed by atoms with Crippen LogP contribution in [0.4, 0.5) is 0 Å². The molecule has 0 aliphatic carbocycles. The number of hydrogen-bond donors (Lipinski definition) is 2. The van der Waals surface area contributed by atoms with Gasteiger partial charge in [0.25, 0.3) is 0 Å². The highest BCUT2D eigenvalue weighted by Crippen LogP contribution is 2.36. The number of halogens is 1. The van der Waals surface area contributed by atoms with E-state index in [-0.39, 0.29) is 24.2 Å². The minimum atomic E-state index is -0.282. The van der Waals surface area contributed by atoms with Gasteiger partial charge in [0.05, 0.1) is 19.8 Å². The molecule has 0 spiro atoms. The molecule has 0 aromatic heterocycles. The lowest BCUT2D eigenvalue weighted by Crippen LogP contribution is -2.07. The highest BCUT2D eigenvalue weighted by atomic mass is 35.5. The molecule has 0 aliphatic heterocycles. The smallest absolute Gasteiger partial charge is 0.131 e. The Morgan fingerprint density at radius 2 is 1.87 bits per heavy atom. The summed E-state index contributed by atoms with van der Waals surface area (Å²) < 4.78 is 10.1. The van der Waals surface area contributed by atoms with Crippen molar-refractivity contribution in [1.29, 1.82) is 0 Å². The van der Waals surface area contributed by atoms with Gasteiger partial charge in [-0.3, -0.25) is 0 Å². The minimum absolute atomic E-state index is 0.